The lowest BCUT2D eigenvalue weighted by molar-refractivity contribution is -0.122. The number of halogens is 1. The number of carbonyl (C=O) groups is 1. The summed E-state index contributed by atoms with van der Waals surface area (Å²) < 4.78 is 0. The van der Waals surface area contributed by atoms with Crippen molar-refractivity contribution in [3.05, 3.63) is 0 Å². The molecule has 8 heteroatoms. The van der Waals surface area contributed by atoms with Gasteiger partial charge in [0.25, 0.3) is 0 Å². The van der Waals surface area contributed by atoms with E-state index in [1.54, 1.807) is 7.05 Å². The number of likely N-dealkylation sites (N-methyl/N-ethyl adjacent to an activating group) is 1. The van der Waals surface area contributed by atoms with Gasteiger partial charge in [-0.1, -0.05) is 13.8 Å². The Balaban J connectivity index is 0.00000576. The predicted molar refractivity (Wildman–Crippen MR) is 114 cm³/mol. The molecule has 0 saturated carbocycles. The number of aliphatic hydroxyl groups is 1. The zero-order valence-electron chi connectivity index (χ0n) is 16.1. The number of aliphatic imine (C=N–C) groups is 1. The van der Waals surface area contributed by atoms with Crippen molar-refractivity contribution in [1.29, 1.82) is 0 Å². The maximum absolute atomic E-state index is 11.4. The summed E-state index contributed by atoms with van der Waals surface area (Å²) in [7, 11) is 1.67. The third-order valence-corrected chi connectivity index (χ3v) is 4.77. The molecule has 0 aliphatic carbocycles. The average Bonchev–Trinajstić information content (AvgIpc) is 2.61. The van der Waals surface area contributed by atoms with E-state index in [0.29, 0.717) is 32.0 Å². The smallest absolute Gasteiger partial charge is 0.233 e. The Kier molecular flexibility index (Phi) is 12.4. The van der Waals surface area contributed by atoms with Crippen molar-refractivity contribution in [3.8, 4) is 0 Å². The third kappa shape index (κ3) is 9.05. The third-order valence-electron chi connectivity index (χ3n) is 4.77. The van der Waals surface area contributed by atoms with Crippen LogP contribution < -0.4 is 16.0 Å². The molecule has 1 amide bonds. The summed E-state index contributed by atoms with van der Waals surface area (Å²) in [4.78, 5) is 18.2. The van der Waals surface area contributed by atoms with Crippen LogP contribution in [0.5, 0.6) is 0 Å². The van der Waals surface area contributed by atoms with Gasteiger partial charge in [-0.25, -0.2) is 0 Å². The monoisotopic (exact) mass is 469 g/mol. The van der Waals surface area contributed by atoms with Crippen molar-refractivity contribution >= 4 is 35.8 Å². The molecule has 1 aliphatic rings. The molecule has 0 spiro atoms. The zero-order chi connectivity index (χ0) is 18.0. The number of carbonyl (C=O) groups excluding carboxylic acids is 1. The van der Waals surface area contributed by atoms with Crippen LogP contribution in [0.25, 0.3) is 0 Å². The van der Waals surface area contributed by atoms with Crippen molar-refractivity contribution in [2.75, 3.05) is 39.8 Å². The van der Waals surface area contributed by atoms with Crippen molar-refractivity contribution in [2.24, 2.45) is 4.99 Å². The van der Waals surface area contributed by atoms with Gasteiger partial charge in [0.2, 0.25) is 5.91 Å². The minimum absolute atomic E-state index is 0. The quantitative estimate of drug-likeness (QED) is 0.241. The Hall–Kier alpha value is -0.610. The normalized spacial score (nSPS) is 16.9. The molecule has 1 rings (SSSR count). The van der Waals surface area contributed by atoms with Gasteiger partial charge in [0.1, 0.15) is 0 Å². The average molecular weight is 469 g/mol. The van der Waals surface area contributed by atoms with Crippen LogP contribution in [0.3, 0.4) is 0 Å². The lowest BCUT2D eigenvalue weighted by Gasteiger charge is -2.32. The van der Waals surface area contributed by atoms with Crippen molar-refractivity contribution in [3.63, 3.8) is 0 Å². The molecule has 25 heavy (non-hydrogen) atoms. The molecule has 1 fully saturated rings. The Morgan fingerprint density at radius 1 is 1.24 bits per heavy atom. The maximum Gasteiger partial charge on any atom is 0.233 e. The van der Waals surface area contributed by atoms with Crippen LogP contribution in [-0.4, -0.2) is 73.3 Å². The van der Waals surface area contributed by atoms with Gasteiger partial charge in [0, 0.05) is 32.7 Å². The Morgan fingerprint density at radius 2 is 1.84 bits per heavy atom. The highest BCUT2D eigenvalue weighted by Crippen LogP contribution is 2.15. The Labute approximate surface area is 169 Å². The van der Waals surface area contributed by atoms with Gasteiger partial charge < -0.3 is 21.1 Å². The van der Waals surface area contributed by atoms with Crippen LogP contribution in [0, 0.1) is 0 Å². The summed E-state index contributed by atoms with van der Waals surface area (Å²) in [6.07, 6.45) is 3.36. The lowest BCUT2D eigenvalue weighted by atomic mass is 9.98. The van der Waals surface area contributed by atoms with Crippen molar-refractivity contribution in [2.45, 2.75) is 58.1 Å². The second-order valence-electron chi connectivity index (χ2n) is 6.49. The van der Waals surface area contributed by atoms with Crippen LogP contribution in [0.4, 0.5) is 0 Å². The molecule has 0 aromatic carbocycles. The fourth-order valence-electron chi connectivity index (χ4n) is 2.73. The first kappa shape index (κ1) is 24.4. The summed E-state index contributed by atoms with van der Waals surface area (Å²) in [5.41, 5.74) is -0.723. The summed E-state index contributed by atoms with van der Waals surface area (Å²) in [6.45, 7) is 9.48. The number of nitrogens with zero attached hydrogens (tertiary/aromatic N) is 2. The molecular formula is C17H36IN5O2. The fourth-order valence-corrected chi connectivity index (χ4v) is 2.73. The second-order valence-corrected chi connectivity index (χ2v) is 6.49. The van der Waals surface area contributed by atoms with Crippen LogP contribution in [0.2, 0.25) is 0 Å². The van der Waals surface area contributed by atoms with E-state index in [9.17, 15) is 9.90 Å². The lowest BCUT2D eigenvalue weighted by Crippen LogP contribution is -2.50. The molecule has 1 saturated heterocycles. The van der Waals surface area contributed by atoms with Crippen molar-refractivity contribution in [1.82, 2.24) is 20.9 Å². The SMILES string of the molecule is CCNC(=NCC(O)(CC)CC)NC1CCN(CC(=O)NC)CC1.I. The minimum Gasteiger partial charge on any atom is -0.388 e. The number of rotatable bonds is 8. The van der Waals surface area contributed by atoms with Crippen LogP contribution in [0.15, 0.2) is 4.99 Å². The minimum atomic E-state index is -0.723. The molecule has 7 nitrogen and oxygen atoms in total. The molecule has 0 bridgehead atoms. The molecule has 0 radical (unpaired) electrons. The molecule has 0 aromatic rings. The maximum atomic E-state index is 11.4. The molecular weight excluding hydrogens is 433 g/mol. The molecule has 4 N–H and O–H groups in total. The summed E-state index contributed by atoms with van der Waals surface area (Å²) in [6, 6.07) is 0.347. The molecule has 0 aromatic heterocycles. The van der Waals surface area contributed by atoms with E-state index >= 15 is 0 Å². The van der Waals surface area contributed by atoms with Gasteiger partial charge in [-0.15, -0.1) is 24.0 Å². The molecule has 1 heterocycles. The van der Waals surface area contributed by atoms with Gasteiger partial charge in [-0.2, -0.15) is 0 Å². The zero-order valence-corrected chi connectivity index (χ0v) is 18.4. The number of amides is 1. The molecule has 0 atom stereocenters. The summed E-state index contributed by atoms with van der Waals surface area (Å²) in [5.74, 6) is 0.831. The van der Waals surface area contributed by atoms with Crippen LogP contribution >= 0.6 is 24.0 Å². The number of guanidine groups is 1. The first-order valence-electron chi connectivity index (χ1n) is 9.16. The van der Waals surface area contributed by atoms with Gasteiger partial charge >= 0.3 is 0 Å². The summed E-state index contributed by atoms with van der Waals surface area (Å²) in [5, 5.41) is 19.8. The molecule has 1 aliphatic heterocycles. The molecule has 0 unspecified atom stereocenters. The van der Waals surface area contributed by atoms with Gasteiger partial charge in [-0.05, 0) is 32.6 Å². The van der Waals surface area contributed by atoms with E-state index in [-0.39, 0.29) is 29.9 Å². The van der Waals surface area contributed by atoms with E-state index < -0.39 is 5.60 Å². The van der Waals surface area contributed by atoms with Crippen molar-refractivity contribution < 1.29 is 9.90 Å². The van der Waals surface area contributed by atoms with E-state index in [0.717, 1.165) is 38.4 Å². The van der Waals surface area contributed by atoms with E-state index in [2.05, 4.69) is 25.8 Å². The fraction of sp³-hybridized carbons (Fsp3) is 0.882. The van der Waals surface area contributed by atoms with Gasteiger partial charge in [-0.3, -0.25) is 14.7 Å². The summed E-state index contributed by atoms with van der Waals surface area (Å²) >= 11 is 0. The van der Waals surface area contributed by atoms with E-state index in [1.165, 1.54) is 0 Å². The molecule has 148 valence electrons. The largest absolute Gasteiger partial charge is 0.388 e. The van der Waals surface area contributed by atoms with Crippen LogP contribution in [0.1, 0.15) is 46.5 Å². The number of hydrogen-bond acceptors (Lipinski definition) is 4. The Bertz CT molecular complexity index is 408. The van der Waals surface area contributed by atoms with Crippen LogP contribution in [-0.2, 0) is 4.79 Å². The number of likely N-dealkylation sites (tertiary alicyclic amines) is 1. The second kappa shape index (κ2) is 12.7. The first-order chi connectivity index (χ1) is 11.5. The highest BCUT2D eigenvalue weighted by Gasteiger charge is 2.23. The van der Waals surface area contributed by atoms with Gasteiger partial charge in [0.15, 0.2) is 5.96 Å². The highest BCUT2D eigenvalue weighted by atomic mass is 127. The van der Waals surface area contributed by atoms with Gasteiger partial charge in [0.05, 0.1) is 18.7 Å². The van der Waals surface area contributed by atoms with E-state index in [1.807, 2.05) is 20.8 Å². The van der Waals surface area contributed by atoms with E-state index in [4.69, 9.17) is 0 Å². The topological polar surface area (TPSA) is 89.0 Å². The highest BCUT2D eigenvalue weighted by molar-refractivity contribution is 14.0. The standard InChI is InChI=1S/C17H35N5O2.HI/c1-5-17(24,6-2)13-20-16(19-7-3)21-14-8-10-22(11-9-14)12-15(23)18-4;/h14,24H,5-13H2,1-4H3,(H,18,23)(H2,19,20,21);1H. The number of hydrogen-bond donors (Lipinski definition) is 4. The number of piperidine rings is 1. The predicted octanol–water partition coefficient (Wildman–Crippen LogP) is 0.921. The Morgan fingerprint density at radius 3 is 2.32 bits per heavy atom. The number of nitrogens with one attached hydrogen (secondary N) is 3. The first-order valence-corrected chi connectivity index (χ1v) is 9.16.